The maximum absolute atomic E-state index is 12.0. The Hall–Kier alpha value is -2.04. The number of nitrogens with zero attached hydrogens (tertiary/aromatic N) is 2. The molecule has 3 rings (SSSR count). The molecule has 1 aromatic carbocycles. The molecule has 1 aliphatic rings. The van der Waals surface area contributed by atoms with Gasteiger partial charge in [0, 0.05) is 13.1 Å². The van der Waals surface area contributed by atoms with E-state index in [9.17, 15) is 4.79 Å². The van der Waals surface area contributed by atoms with Crippen LogP contribution in [0.5, 0.6) is 0 Å². The summed E-state index contributed by atoms with van der Waals surface area (Å²) in [5.41, 5.74) is 1.53. The quantitative estimate of drug-likeness (QED) is 0.918. The number of para-hydroxylation sites is 2. The predicted molar refractivity (Wildman–Crippen MR) is 72.9 cm³/mol. The fourth-order valence-corrected chi connectivity index (χ4v) is 2.35. The van der Waals surface area contributed by atoms with E-state index in [1.165, 1.54) is 6.42 Å². The zero-order valence-corrected chi connectivity index (χ0v) is 10.8. The SMILES string of the molecule is O=C(CNc1nc2ccccc2o1)N1CCCCC1. The van der Waals surface area contributed by atoms with Gasteiger partial charge in [-0.1, -0.05) is 12.1 Å². The fraction of sp³-hybridized carbons (Fsp3) is 0.429. The minimum absolute atomic E-state index is 0.113. The van der Waals surface area contributed by atoms with Gasteiger partial charge in [-0.3, -0.25) is 4.79 Å². The molecule has 1 aliphatic heterocycles. The van der Waals surface area contributed by atoms with Crippen molar-refractivity contribution in [3.63, 3.8) is 0 Å². The molecule has 5 nitrogen and oxygen atoms in total. The zero-order valence-electron chi connectivity index (χ0n) is 10.8. The minimum atomic E-state index is 0.113. The van der Waals surface area contributed by atoms with Gasteiger partial charge >= 0.3 is 0 Å². The van der Waals surface area contributed by atoms with Gasteiger partial charge in [-0.15, -0.1) is 0 Å². The van der Waals surface area contributed by atoms with E-state index in [1.54, 1.807) is 0 Å². The van der Waals surface area contributed by atoms with Crippen molar-refractivity contribution < 1.29 is 9.21 Å². The summed E-state index contributed by atoms with van der Waals surface area (Å²) in [7, 11) is 0. The Morgan fingerprint density at radius 2 is 2.05 bits per heavy atom. The van der Waals surface area contributed by atoms with Crippen LogP contribution in [-0.4, -0.2) is 35.4 Å². The molecule has 100 valence electrons. The van der Waals surface area contributed by atoms with Crippen LogP contribution in [-0.2, 0) is 4.79 Å². The van der Waals surface area contributed by atoms with Crippen LogP contribution in [0.3, 0.4) is 0 Å². The smallest absolute Gasteiger partial charge is 0.296 e. The Bertz CT molecular complexity index is 540. The summed E-state index contributed by atoms with van der Waals surface area (Å²) in [4.78, 5) is 18.2. The van der Waals surface area contributed by atoms with Gasteiger partial charge in [0.2, 0.25) is 5.91 Å². The summed E-state index contributed by atoms with van der Waals surface area (Å²) in [6.45, 7) is 1.98. The van der Waals surface area contributed by atoms with E-state index < -0.39 is 0 Å². The highest BCUT2D eigenvalue weighted by atomic mass is 16.4. The first kappa shape index (κ1) is 12.0. The van der Waals surface area contributed by atoms with Gasteiger partial charge in [0.25, 0.3) is 6.01 Å². The molecular weight excluding hydrogens is 242 g/mol. The van der Waals surface area contributed by atoms with Gasteiger partial charge in [-0.2, -0.15) is 4.98 Å². The first-order valence-electron chi connectivity index (χ1n) is 6.70. The van der Waals surface area contributed by atoms with Crippen LogP contribution in [0, 0.1) is 0 Å². The molecule has 1 fully saturated rings. The van der Waals surface area contributed by atoms with Crippen molar-refractivity contribution in [3.8, 4) is 0 Å². The number of nitrogens with one attached hydrogen (secondary N) is 1. The second-order valence-corrected chi connectivity index (χ2v) is 4.78. The maximum Gasteiger partial charge on any atom is 0.296 e. The van der Waals surface area contributed by atoms with E-state index in [-0.39, 0.29) is 12.5 Å². The third-order valence-corrected chi connectivity index (χ3v) is 3.39. The average molecular weight is 259 g/mol. The molecule has 0 radical (unpaired) electrons. The third kappa shape index (κ3) is 2.70. The summed E-state index contributed by atoms with van der Waals surface area (Å²) in [5, 5.41) is 2.96. The average Bonchev–Trinajstić information content (AvgIpc) is 2.88. The Labute approximate surface area is 111 Å². The molecule has 19 heavy (non-hydrogen) atoms. The Morgan fingerprint density at radius 3 is 2.84 bits per heavy atom. The summed E-state index contributed by atoms with van der Waals surface area (Å²) in [5.74, 6) is 0.113. The van der Waals surface area contributed by atoms with Gasteiger partial charge < -0.3 is 14.6 Å². The number of rotatable bonds is 3. The van der Waals surface area contributed by atoms with Gasteiger partial charge in [0.05, 0.1) is 6.54 Å². The van der Waals surface area contributed by atoms with E-state index in [1.807, 2.05) is 29.2 Å². The number of anilines is 1. The molecule has 0 atom stereocenters. The number of benzene rings is 1. The third-order valence-electron chi connectivity index (χ3n) is 3.39. The van der Waals surface area contributed by atoms with Crippen LogP contribution < -0.4 is 5.32 Å². The van der Waals surface area contributed by atoms with Crippen molar-refractivity contribution in [2.24, 2.45) is 0 Å². The molecule has 5 heteroatoms. The van der Waals surface area contributed by atoms with E-state index in [4.69, 9.17) is 4.42 Å². The topological polar surface area (TPSA) is 58.4 Å². The van der Waals surface area contributed by atoms with Crippen molar-refractivity contribution in [2.45, 2.75) is 19.3 Å². The van der Waals surface area contributed by atoms with Crippen LogP contribution in [0.25, 0.3) is 11.1 Å². The normalized spacial score (nSPS) is 15.7. The van der Waals surface area contributed by atoms with Crippen molar-refractivity contribution in [1.29, 1.82) is 0 Å². The molecule has 0 aliphatic carbocycles. The highest BCUT2D eigenvalue weighted by Crippen LogP contribution is 2.18. The summed E-state index contributed by atoms with van der Waals surface area (Å²) >= 11 is 0. The van der Waals surface area contributed by atoms with Gasteiger partial charge in [-0.05, 0) is 31.4 Å². The second kappa shape index (κ2) is 5.30. The van der Waals surface area contributed by atoms with Gasteiger partial charge in [0.15, 0.2) is 5.58 Å². The maximum atomic E-state index is 12.0. The number of amides is 1. The molecule has 1 N–H and O–H groups in total. The van der Waals surface area contributed by atoms with E-state index in [0.717, 1.165) is 37.0 Å². The Morgan fingerprint density at radius 1 is 1.26 bits per heavy atom. The lowest BCUT2D eigenvalue weighted by Gasteiger charge is -2.26. The van der Waals surface area contributed by atoms with Crippen LogP contribution >= 0.6 is 0 Å². The minimum Gasteiger partial charge on any atom is -0.424 e. The summed E-state index contributed by atoms with van der Waals surface area (Å²) in [6, 6.07) is 7.96. The number of carbonyl (C=O) groups excluding carboxylic acids is 1. The van der Waals surface area contributed by atoms with Crippen LogP contribution in [0.4, 0.5) is 6.01 Å². The summed E-state index contributed by atoms with van der Waals surface area (Å²) < 4.78 is 5.51. The zero-order chi connectivity index (χ0) is 13.1. The Balaban J connectivity index is 1.60. The largest absolute Gasteiger partial charge is 0.424 e. The summed E-state index contributed by atoms with van der Waals surface area (Å²) in [6.07, 6.45) is 3.44. The highest BCUT2D eigenvalue weighted by Gasteiger charge is 2.16. The van der Waals surface area contributed by atoms with Crippen molar-refractivity contribution in [2.75, 3.05) is 25.0 Å². The molecule has 2 aromatic rings. The van der Waals surface area contributed by atoms with Gasteiger partial charge in [-0.25, -0.2) is 0 Å². The lowest BCUT2D eigenvalue weighted by atomic mass is 10.1. The number of hydrogen-bond acceptors (Lipinski definition) is 4. The first-order chi connectivity index (χ1) is 9.33. The highest BCUT2D eigenvalue weighted by molar-refractivity contribution is 5.81. The number of piperidine rings is 1. The van der Waals surface area contributed by atoms with E-state index >= 15 is 0 Å². The van der Waals surface area contributed by atoms with Crippen molar-refractivity contribution >= 4 is 23.0 Å². The van der Waals surface area contributed by atoms with Crippen LogP contribution in [0.2, 0.25) is 0 Å². The molecule has 2 heterocycles. The predicted octanol–water partition coefficient (Wildman–Crippen LogP) is 2.25. The molecule has 1 amide bonds. The fourth-order valence-electron chi connectivity index (χ4n) is 2.35. The number of carbonyl (C=O) groups is 1. The lowest BCUT2D eigenvalue weighted by Crippen LogP contribution is -2.39. The number of fused-ring (bicyclic) bond motifs is 1. The second-order valence-electron chi connectivity index (χ2n) is 4.78. The number of hydrogen-bond donors (Lipinski definition) is 1. The lowest BCUT2D eigenvalue weighted by molar-refractivity contribution is -0.130. The van der Waals surface area contributed by atoms with Crippen LogP contribution in [0.1, 0.15) is 19.3 Å². The molecule has 0 spiro atoms. The number of likely N-dealkylation sites (tertiary alicyclic amines) is 1. The molecule has 1 aromatic heterocycles. The van der Waals surface area contributed by atoms with E-state index in [2.05, 4.69) is 10.3 Å². The van der Waals surface area contributed by atoms with Crippen molar-refractivity contribution in [3.05, 3.63) is 24.3 Å². The Kier molecular flexibility index (Phi) is 3.35. The molecule has 0 saturated carbocycles. The monoisotopic (exact) mass is 259 g/mol. The van der Waals surface area contributed by atoms with Gasteiger partial charge in [0.1, 0.15) is 5.52 Å². The molecule has 0 unspecified atom stereocenters. The van der Waals surface area contributed by atoms with E-state index in [0.29, 0.717) is 6.01 Å². The molecular formula is C14H17N3O2. The standard InChI is InChI=1S/C14H17N3O2/c18-13(17-8-4-1-5-9-17)10-15-14-16-11-6-2-3-7-12(11)19-14/h2-3,6-7H,1,4-5,8-10H2,(H,15,16). The van der Waals surface area contributed by atoms with Crippen molar-refractivity contribution in [1.82, 2.24) is 9.88 Å². The first-order valence-corrected chi connectivity index (χ1v) is 6.70. The number of aromatic nitrogens is 1. The van der Waals surface area contributed by atoms with Crippen LogP contribution in [0.15, 0.2) is 28.7 Å². The number of oxazole rings is 1. The molecule has 0 bridgehead atoms. The molecule has 1 saturated heterocycles.